The van der Waals surface area contributed by atoms with Gasteiger partial charge in [-0.05, 0) is 73.5 Å². The number of aliphatic carboxylic acids is 1. The Morgan fingerprint density at radius 3 is 2.39 bits per heavy atom. The minimum Gasteiger partial charge on any atom is -0.475 e. The van der Waals surface area contributed by atoms with Crippen LogP contribution in [0.1, 0.15) is 24.0 Å². The number of hydrogen-bond donors (Lipinski definition) is 2. The monoisotopic (exact) mass is 450 g/mol. The van der Waals surface area contributed by atoms with Crippen molar-refractivity contribution < 1.29 is 23.1 Å². The number of nitrogens with one attached hydrogen (secondary N) is 1. The molecule has 1 aliphatic rings. The van der Waals surface area contributed by atoms with E-state index in [1.807, 2.05) is 11.3 Å². The molecule has 1 aromatic heterocycles. The van der Waals surface area contributed by atoms with Crippen molar-refractivity contribution in [2.45, 2.75) is 38.5 Å². The smallest absolute Gasteiger partial charge is 0.475 e. The Labute approximate surface area is 183 Å². The SMILES string of the molecule is Cc1ccc(CN(c2ccc3sccc3c2)C2CCNCC2)cc1.O=C(O)C(F)(F)F. The first-order valence-electron chi connectivity index (χ1n) is 10.0. The van der Waals surface area contributed by atoms with E-state index in [1.54, 1.807) is 0 Å². The molecule has 3 aromatic rings. The highest BCUT2D eigenvalue weighted by Crippen LogP contribution is 2.30. The zero-order valence-electron chi connectivity index (χ0n) is 17.2. The van der Waals surface area contributed by atoms with E-state index in [4.69, 9.17) is 9.90 Å². The molecule has 1 saturated heterocycles. The molecule has 2 heterocycles. The van der Waals surface area contributed by atoms with E-state index in [-0.39, 0.29) is 0 Å². The molecule has 0 amide bonds. The maximum Gasteiger partial charge on any atom is 0.490 e. The lowest BCUT2D eigenvalue weighted by atomic mass is 10.0. The average Bonchev–Trinajstić information content (AvgIpc) is 3.21. The molecule has 0 unspecified atom stereocenters. The lowest BCUT2D eigenvalue weighted by Gasteiger charge is -2.36. The summed E-state index contributed by atoms with van der Waals surface area (Å²) in [5, 5.41) is 14.2. The molecule has 0 spiro atoms. The molecule has 0 atom stereocenters. The van der Waals surface area contributed by atoms with Gasteiger partial charge in [0.1, 0.15) is 0 Å². The van der Waals surface area contributed by atoms with Crippen LogP contribution >= 0.6 is 11.3 Å². The number of hydrogen-bond acceptors (Lipinski definition) is 4. The molecule has 1 aliphatic heterocycles. The summed E-state index contributed by atoms with van der Waals surface area (Å²) < 4.78 is 33.1. The van der Waals surface area contributed by atoms with Crippen molar-refractivity contribution >= 4 is 33.1 Å². The molecule has 0 saturated carbocycles. The Balaban J connectivity index is 0.000000339. The number of carboxylic acid groups (broad SMARTS) is 1. The highest BCUT2D eigenvalue weighted by atomic mass is 32.1. The zero-order valence-corrected chi connectivity index (χ0v) is 18.0. The van der Waals surface area contributed by atoms with Crippen LogP contribution in [0.5, 0.6) is 0 Å². The summed E-state index contributed by atoms with van der Waals surface area (Å²) in [5.74, 6) is -2.76. The van der Waals surface area contributed by atoms with E-state index < -0.39 is 12.1 Å². The number of carboxylic acids is 1. The standard InChI is InChI=1S/C21H24N2S.C2HF3O2/c1-16-2-4-17(5-3-16)15-23(19-8-11-22-12-9-19)20-6-7-21-18(14-20)10-13-24-21;3-2(4,5)1(6)7/h2-7,10,13-14,19,22H,8-9,11-12,15H2,1H3;(H,6,7). The molecule has 8 heteroatoms. The largest absolute Gasteiger partial charge is 0.490 e. The zero-order chi connectivity index (χ0) is 22.4. The molecule has 2 N–H and O–H groups in total. The molecule has 0 aliphatic carbocycles. The minimum atomic E-state index is -5.08. The molecule has 166 valence electrons. The Kier molecular flexibility index (Phi) is 7.56. The molecule has 31 heavy (non-hydrogen) atoms. The number of carbonyl (C=O) groups is 1. The summed E-state index contributed by atoms with van der Waals surface area (Å²) >= 11 is 1.82. The first kappa shape index (κ1) is 23.1. The maximum atomic E-state index is 10.6. The summed E-state index contributed by atoms with van der Waals surface area (Å²) in [6.07, 6.45) is -2.65. The molecule has 4 rings (SSSR count). The molecule has 4 nitrogen and oxygen atoms in total. The van der Waals surface area contributed by atoms with Gasteiger partial charge in [0.25, 0.3) is 0 Å². The van der Waals surface area contributed by atoms with Gasteiger partial charge in [-0.15, -0.1) is 11.3 Å². The third-order valence-corrected chi connectivity index (χ3v) is 6.13. The summed E-state index contributed by atoms with van der Waals surface area (Å²) in [6.45, 7) is 5.38. The van der Waals surface area contributed by atoms with Gasteiger partial charge >= 0.3 is 12.1 Å². The fourth-order valence-electron chi connectivity index (χ4n) is 3.57. The van der Waals surface area contributed by atoms with Crippen molar-refractivity contribution in [3.05, 3.63) is 65.0 Å². The predicted molar refractivity (Wildman–Crippen MR) is 119 cm³/mol. The van der Waals surface area contributed by atoms with Gasteiger partial charge in [-0.3, -0.25) is 0 Å². The first-order valence-corrected chi connectivity index (χ1v) is 10.9. The number of piperidine rings is 1. The van der Waals surface area contributed by atoms with Crippen molar-refractivity contribution in [1.29, 1.82) is 0 Å². The Bertz CT molecular complexity index is 996. The highest BCUT2D eigenvalue weighted by molar-refractivity contribution is 7.17. The predicted octanol–water partition coefficient (Wildman–Crippen LogP) is 5.60. The second kappa shape index (κ2) is 10.2. The van der Waals surface area contributed by atoms with Gasteiger partial charge < -0.3 is 15.3 Å². The maximum absolute atomic E-state index is 10.6. The Hall–Kier alpha value is -2.58. The molecule has 2 aromatic carbocycles. The topological polar surface area (TPSA) is 52.6 Å². The molecular formula is C23H25F3N2O2S. The van der Waals surface area contributed by atoms with Crippen molar-refractivity contribution in [3.8, 4) is 0 Å². The Morgan fingerprint density at radius 1 is 1.13 bits per heavy atom. The number of benzene rings is 2. The summed E-state index contributed by atoms with van der Waals surface area (Å²) in [6, 6.07) is 18.8. The van der Waals surface area contributed by atoms with Gasteiger partial charge in [0.15, 0.2) is 0 Å². The normalized spacial score (nSPS) is 14.7. The van der Waals surface area contributed by atoms with Crippen LogP contribution < -0.4 is 10.2 Å². The van der Waals surface area contributed by atoms with Crippen molar-refractivity contribution in [1.82, 2.24) is 5.32 Å². The lowest BCUT2D eigenvalue weighted by molar-refractivity contribution is -0.192. The van der Waals surface area contributed by atoms with Gasteiger partial charge in [0.05, 0.1) is 0 Å². The first-order chi connectivity index (χ1) is 14.7. The molecule has 1 fully saturated rings. The van der Waals surface area contributed by atoms with E-state index in [1.165, 1.54) is 39.7 Å². The number of thiophene rings is 1. The number of aryl methyl sites for hydroxylation is 1. The number of rotatable bonds is 4. The molecule has 0 bridgehead atoms. The van der Waals surface area contributed by atoms with Crippen molar-refractivity contribution in [2.24, 2.45) is 0 Å². The van der Waals surface area contributed by atoms with Crippen LogP contribution in [0.15, 0.2) is 53.9 Å². The Morgan fingerprint density at radius 2 is 1.77 bits per heavy atom. The minimum absolute atomic E-state index is 0.614. The number of anilines is 1. The quantitative estimate of drug-likeness (QED) is 0.543. The van der Waals surface area contributed by atoms with Crippen LogP contribution in [0.3, 0.4) is 0 Å². The van der Waals surface area contributed by atoms with E-state index in [0.717, 1.165) is 19.6 Å². The summed E-state index contributed by atoms with van der Waals surface area (Å²) in [7, 11) is 0. The van der Waals surface area contributed by atoms with E-state index in [9.17, 15) is 13.2 Å². The van der Waals surface area contributed by atoms with Crippen LogP contribution in [0.4, 0.5) is 18.9 Å². The summed E-state index contributed by atoms with van der Waals surface area (Å²) in [4.78, 5) is 11.5. The number of fused-ring (bicyclic) bond motifs is 1. The van der Waals surface area contributed by atoms with Crippen LogP contribution in [-0.4, -0.2) is 36.4 Å². The number of alkyl halides is 3. The average molecular weight is 451 g/mol. The second-order valence-corrected chi connectivity index (χ2v) is 8.49. The van der Waals surface area contributed by atoms with E-state index >= 15 is 0 Å². The van der Waals surface area contributed by atoms with Crippen LogP contribution in [0.2, 0.25) is 0 Å². The van der Waals surface area contributed by atoms with Gasteiger partial charge in [0, 0.05) is 23.0 Å². The van der Waals surface area contributed by atoms with Gasteiger partial charge in [0.2, 0.25) is 0 Å². The van der Waals surface area contributed by atoms with E-state index in [2.05, 4.69) is 71.1 Å². The fraction of sp³-hybridized carbons (Fsp3) is 0.348. The van der Waals surface area contributed by atoms with Crippen LogP contribution in [0, 0.1) is 6.92 Å². The van der Waals surface area contributed by atoms with Crippen molar-refractivity contribution in [3.63, 3.8) is 0 Å². The summed E-state index contributed by atoms with van der Waals surface area (Å²) in [5.41, 5.74) is 4.07. The van der Waals surface area contributed by atoms with E-state index in [0.29, 0.717) is 6.04 Å². The molecule has 0 radical (unpaired) electrons. The van der Waals surface area contributed by atoms with Gasteiger partial charge in [-0.1, -0.05) is 29.8 Å². The number of nitrogens with zero attached hydrogens (tertiary/aromatic N) is 1. The third kappa shape index (κ3) is 6.45. The number of halogens is 3. The van der Waals surface area contributed by atoms with Gasteiger partial charge in [-0.25, -0.2) is 4.79 Å². The van der Waals surface area contributed by atoms with Crippen molar-refractivity contribution in [2.75, 3.05) is 18.0 Å². The third-order valence-electron chi connectivity index (χ3n) is 5.23. The highest BCUT2D eigenvalue weighted by Gasteiger charge is 2.38. The van der Waals surface area contributed by atoms with Crippen LogP contribution in [-0.2, 0) is 11.3 Å². The van der Waals surface area contributed by atoms with Crippen LogP contribution in [0.25, 0.3) is 10.1 Å². The van der Waals surface area contributed by atoms with Gasteiger partial charge in [-0.2, -0.15) is 13.2 Å². The molecular weight excluding hydrogens is 425 g/mol. The fourth-order valence-corrected chi connectivity index (χ4v) is 4.34. The second-order valence-electron chi connectivity index (χ2n) is 7.54. The lowest BCUT2D eigenvalue weighted by Crippen LogP contribution is -2.43.